The molecule has 0 unspecified atom stereocenters. The van der Waals surface area contributed by atoms with Gasteiger partial charge in [-0.1, -0.05) is 11.9 Å². The van der Waals surface area contributed by atoms with E-state index >= 15 is 0 Å². The first-order valence-corrected chi connectivity index (χ1v) is 5.40. The molecule has 0 radical (unpaired) electrons. The molecule has 0 aromatic heterocycles. The van der Waals surface area contributed by atoms with Gasteiger partial charge < -0.3 is 4.74 Å². The zero-order chi connectivity index (χ0) is 7.73. The Balaban J connectivity index is 1.84. The third kappa shape index (κ3) is 1.42. The van der Waals surface area contributed by atoms with E-state index in [1.807, 2.05) is 11.9 Å². The minimum Gasteiger partial charge on any atom is -0.380 e. The zero-order valence-corrected chi connectivity index (χ0v) is 7.82. The van der Waals surface area contributed by atoms with Crippen molar-refractivity contribution in [3.8, 4) is 0 Å². The lowest BCUT2D eigenvalue weighted by molar-refractivity contribution is -0.133. The molecule has 0 saturated carbocycles. The summed E-state index contributed by atoms with van der Waals surface area (Å²) >= 11 is 1.87. The fraction of sp³-hybridized carbons (Fsp3) is 1.00. The highest BCUT2D eigenvalue weighted by Crippen LogP contribution is 2.39. The second-order valence-corrected chi connectivity index (χ2v) is 4.49. The van der Waals surface area contributed by atoms with Gasteiger partial charge in [-0.2, -0.15) is 0 Å². The number of nitrogens with zero attached hydrogens (tertiary/aromatic N) is 1. The molecule has 1 spiro atoms. The van der Waals surface area contributed by atoms with Gasteiger partial charge in [-0.3, -0.25) is 4.31 Å². The predicted octanol–water partition coefficient (Wildman–Crippen LogP) is 1.38. The van der Waals surface area contributed by atoms with Crippen LogP contribution in [-0.2, 0) is 4.74 Å². The molecular formula is C8H15NOS. The first-order chi connectivity index (χ1) is 5.35. The lowest BCUT2D eigenvalue weighted by Crippen LogP contribution is -2.49. The van der Waals surface area contributed by atoms with Crippen LogP contribution in [0.1, 0.15) is 12.8 Å². The number of hydrogen-bond donors (Lipinski definition) is 0. The molecule has 2 nitrogen and oxygen atoms in total. The highest BCUT2D eigenvalue weighted by Gasteiger charge is 2.40. The molecule has 2 heterocycles. The summed E-state index contributed by atoms with van der Waals surface area (Å²) in [6.45, 7) is 4.56. The highest BCUT2D eigenvalue weighted by atomic mass is 32.2. The molecule has 64 valence electrons. The van der Waals surface area contributed by atoms with Crippen LogP contribution >= 0.6 is 11.9 Å². The minimum atomic E-state index is 0.603. The largest absolute Gasteiger partial charge is 0.380 e. The SMILES string of the molecule is CSN1CCC2(CC1)COC2. The van der Waals surface area contributed by atoms with E-state index in [1.54, 1.807) is 0 Å². The maximum absolute atomic E-state index is 5.26. The summed E-state index contributed by atoms with van der Waals surface area (Å²) in [6.07, 6.45) is 4.84. The molecule has 3 heteroatoms. The lowest BCUT2D eigenvalue weighted by atomic mass is 9.77. The Kier molecular flexibility index (Phi) is 2.12. The zero-order valence-electron chi connectivity index (χ0n) is 7.01. The first-order valence-electron chi connectivity index (χ1n) is 4.21. The minimum absolute atomic E-state index is 0.603. The second kappa shape index (κ2) is 2.96. The summed E-state index contributed by atoms with van der Waals surface area (Å²) in [4.78, 5) is 0. The van der Waals surface area contributed by atoms with Crippen LogP contribution in [0.4, 0.5) is 0 Å². The molecule has 0 bridgehead atoms. The van der Waals surface area contributed by atoms with E-state index < -0.39 is 0 Å². The van der Waals surface area contributed by atoms with E-state index in [0.29, 0.717) is 5.41 Å². The van der Waals surface area contributed by atoms with Gasteiger partial charge in [0.15, 0.2) is 0 Å². The Hall–Kier alpha value is 0.270. The Morgan fingerprint density at radius 1 is 1.27 bits per heavy atom. The van der Waals surface area contributed by atoms with Crippen LogP contribution in [0.5, 0.6) is 0 Å². The van der Waals surface area contributed by atoms with Crippen LogP contribution in [0.25, 0.3) is 0 Å². The molecule has 2 saturated heterocycles. The van der Waals surface area contributed by atoms with E-state index in [-0.39, 0.29) is 0 Å². The first kappa shape index (κ1) is 7.90. The van der Waals surface area contributed by atoms with Gasteiger partial charge >= 0.3 is 0 Å². The summed E-state index contributed by atoms with van der Waals surface area (Å²) < 4.78 is 7.71. The number of piperidine rings is 1. The Morgan fingerprint density at radius 2 is 1.91 bits per heavy atom. The topological polar surface area (TPSA) is 12.5 Å². The summed E-state index contributed by atoms with van der Waals surface area (Å²) in [6, 6.07) is 0. The molecular weight excluding hydrogens is 158 g/mol. The lowest BCUT2D eigenvalue weighted by Gasteiger charge is -2.46. The third-order valence-corrected chi connectivity index (χ3v) is 3.74. The molecule has 0 aromatic carbocycles. The predicted molar refractivity (Wildman–Crippen MR) is 47.6 cm³/mol. The third-order valence-electron chi connectivity index (χ3n) is 2.86. The molecule has 0 N–H and O–H groups in total. The van der Waals surface area contributed by atoms with E-state index in [0.717, 1.165) is 13.2 Å². The maximum Gasteiger partial charge on any atom is 0.0545 e. The average molecular weight is 173 g/mol. The fourth-order valence-electron chi connectivity index (χ4n) is 1.82. The van der Waals surface area contributed by atoms with Crippen LogP contribution in [0.2, 0.25) is 0 Å². The fourth-order valence-corrected chi connectivity index (χ4v) is 2.37. The standard InChI is InChI=1S/C8H15NOS/c1-11-9-4-2-8(3-5-9)6-10-7-8/h2-7H2,1H3. The van der Waals surface area contributed by atoms with Crippen LogP contribution in [0.15, 0.2) is 0 Å². The van der Waals surface area contributed by atoms with Gasteiger partial charge in [-0.05, 0) is 19.1 Å². The van der Waals surface area contributed by atoms with Crippen molar-refractivity contribution in [3.63, 3.8) is 0 Å². The van der Waals surface area contributed by atoms with Crippen molar-refractivity contribution in [1.29, 1.82) is 0 Å². The monoisotopic (exact) mass is 173 g/mol. The second-order valence-electron chi connectivity index (χ2n) is 3.60. The maximum atomic E-state index is 5.26. The van der Waals surface area contributed by atoms with Crippen molar-refractivity contribution in [1.82, 2.24) is 4.31 Å². The van der Waals surface area contributed by atoms with Gasteiger partial charge in [0.25, 0.3) is 0 Å². The average Bonchev–Trinajstić information content (AvgIpc) is 2.02. The molecule has 0 aliphatic carbocycles. The van der Waals surface area contributed by atoms with E-state index in [4.69, 9.17) is 4.74 Å². The molecule has 0 amide bonds. The van der Waals surface area contributed by atoms with Gasteiger partial charge in [-0.15, -0.1) is 0 Å². The molecule has 0 atom stereocenters. The van der Waals surface area contributed by atoms with Gasteiger partial charge in [-0.25, -0.2) is 0 Å². The van der Waals surface area contributed by atoms with Crippen LogP contribution in [0, 0.1) is 5.41 Å². The van der Waals surface area contributed by atoms with Crippen molar-refractivity contribution >= 4 is 11.9 Å². The molecule has 2 rings (SSSR count). The number of hydrogen-bond acceptors (Lipinski definition) is 3. The quantitative estimate of drug-likeness (QED) is 0.556. The Morgan fingerprint density at radius 3 is 2.27 bits per heavy atom. The van der Waals surface area contributed by atoms with E-state index in [1.165, 1.54) is 25.9 Å². The Bertz CT molecular complexity index is 137. The van der Waals surface area contributed by atoms with Gasteiger partial charge in [0.05, 0.1) is 13.2 Å². The number of ether oxygens (including phenoxy) is 1. The van der Waals surface area contributed by atoms with Crippen molar-refractivity contribution in [2.75, 3.05) is 32.6 Å². The van der Waals surface area contributed by atoms with Gasteiger partial charge in [0.1, 0.15) is 0 Å². The summed E-state index contributed by atoms with van der Waals surface area (Å²) in [5, 5.41) is 0. The van der Waals surface area contributed by atoms with Crippen LogP contribution in [-0.4, -0.2) is 36.9 Å². The Labute approximate surface area is 72.4 Å². The molecule has 2 aliphatic heterocycles. The van der Waals surface area contributed by atoms with Crippen molar-refractivity contribution in [2.24, 2.45) is 5.41 Å². The summed E-state index contributed by atoms with van der Waals surface area (Å²) in [5.41, 5.74) is 0.603. The van der Waals surface area contributed by atoms with Gasteiger partial charge in [0.2, 0.25) is 0 Å². The molecule has 11 heavy (non-hydrogen) atoms. The highest BCUT2D eigenvalue weighted by molar-refractivity contribution is 7.96. The van der Waals surface area contributed by atoms with E-state index in [2.05, 4.69) is 10.6 Å². The number of rotatable bonds is 1. The molecule has 0 aromatic rings. The van der Waals surface area contributed by atoms with Crippen molar-refractivity contribution in [2.45, 2.75) is 12.8 Å². The van der Waals surface area contributed by atoms with Crippen LogP contribution < -0.4 is 0 Å². The smallest absolute Gasteiger partial charge is 0.0545 e. The normalized spacial score (nSPS) is 30.3. The molecule has 2 fully saturated rings. The van der Waals surface area contributed by atoms with Crippen molar-refractivity contribution in [3.05, 3.63) is 0 Å². The van der Waals surface area contributed by atoms with Crippen LogP contribution in [0.3, 0.4) is 0 Å². The molecule has 2 aliphatic rings. The summed E-state index contributed by atoms with van der Waals surface area (Å²) in [7, 11) is 0. The summed E-state index contributed by atoms with van der Waals surface area (Å²) in [5.74, 6) is 0. The van der Waals surface area contributed by atoms with E-state index in [9.17, 15) is 0 Å². The van der Waals surface area contributed by atoms with Gasteiger partial charge in [0, 0.05) is 18.5 Å². The van der Waals surface area contributed by atoms with Crippen molar-refractivity contribution < 1.29 is 4.74 Å².